The predicted molar refractivity (Wildman–Crippen MR) is 28.7 cm³/mol. The minimum absolute atomic E-state index is 0.320. The van der Waals surface area contributed by atoms with Crippen molar-refractivity contribution in [3.8, 4) is 0 Å². The number of carbonyl (C=O) groups is 1. The van der Waals surface area contributed by atoms with Crippen molar-refractivity contribution in [1.29, 1.82) is 0 Å². The number of rotatable bonds is 2. The zero-order valence-corrected chi connectivity index (χ0v) is 7.79. The van der Waals surface area contributed by atoms with Crippen molar-refractivity contribution in [2.45, 2.75) is 18.3 Å². The second-order valence-electron chi connectivity index (χ2n) is 1.32. The summed E-state index contributed by atoms with van der Waals surface area (Å²) in [5.74, 6) is -0.350. The zero-order chi connectivity index (χ0) is 6.57. The van der Waals surface area contributed by atoms with Crippen LogP contribution in [0.3, 0.4) is 0 Å². The van der Waals surface area contributed by atoms with Crippen LogP contribution in [0.5, 0.6) is 0 Å². The van der Waals surface area contributed by atoms with Crippen LogP contribution in [0.1, 0.15) is 13.3 Å². The third-order valence-electron chi connectivity index (χ3n) is 0.546. The molecule has 0 aromatic rings. The van der Waals surface area contributed by atoms with Gasteiger partial charge in [0.25, 0.3) is 0 Å². The van der Waals surface area contributed by atoms with Crippen LogP contribution in [0.15, 0.2) is 0 Å². The van der Waals surface area contributed by atoms with E-state index < -0.39 is 20.2 Å². The maximum atomic E-state index is 10.2. The predicted octanol–water partition coefficient (Wildman–Crippen LogP) is 0.488. The first-order valence-electron chi connectivity index (χ1n) is 2.38. The van der Waals surface area contributed by atoms with E-state index in [1.54, 1.807) is 6.92 Å². The van der Waals surface area contributed by atoms with E-state index in [1.165, 1.54) is 4.94 Å². The third kappa shape index (κ3) is 4.23. The molecule has 0 fully saturated rings. The Kier molecular flexibility index (Phi) is 4.03. The molecular formula is C4H8O3Sn. The summed E-state index contributed by atoms with van der Waals surface area (Å²) >= 11 is -2.81. The Hall–Kier alpha value is 0.0687. The van der Waals surface area contributed by atoms with Crippen LogP contribution in [0.2, 0.25) is 4.94 Å². The van der Waals surface area contributed by atoms with Crippen molar-refractivity contribution in [2.75, 3.05) is 0 Å². The van der Waals surface area contributed by atoms with E-state index in [0.717, 1.165) is 0 Å². The monoisotopic (exact) mass is 224 g/mol. The molecule has 0 radical (unpaired) electrons. The van der Waals surface area contributed by atoms with Gasteiger partial charge in [0.2, 0.25) is 0 Å². The average Bonchev–Trinajstić information content (AvgIpc) is 1.65. The number of hydrogen-bond acceptors (Lipinski definition) is 3. The molecule has 0 aromatic carbocycles. The van der Waals surface area contributed by atoms with Gasteiger partial charge in [-0.05, 0) is 0 Å². The fraction of sp³-hybridized carbons (Fsp3) is 0.750. The second kappa shape index (κ2) is 4.00. The van der Waals surface area contributed by atoms with Gasteiger partial charge < -0.3 is 0 Å². The molecule has 0 bridgehead atoms. The van der Waals surface area contributed by atoms with E-state index in [4.69, 9.17) is 0 Å². The van der Waals surface area contributed by atoms with Crippen LogP contribution in [-0.4, -0.2) is 26.1 Å². The molecule has 0 saturated carbocycles. The minimum atomic E-state index is -2.81. The van der Waals surface area contributed by atoms with Gasteiger partial charge in [0.15, 0.2) is 0 Å². The molecule has 0 atom stereocenters. The Labute approximate surface area is 55.7 Å². The van der Waals surface area contributed by atoms with E-state index in [1.807, 2.05) is 0 Å². The molecule has 0 amide bonds. The van der Waals surface area contributed by atoms with Crippen molar-refractivity contribution >= 4 is 26.1 Å². The molecule has 8 heavy (non-hydrogen) atoms. The molecule has 0 aliphatic rings. The average molecular weight is 223 g/mol. The normalized spacial score (nSPS) is 8.25. The molecule has 0 aliphatic carbocycles. The molecular weight excluding hydrogens is 215 g/mol. The SMILES string of the molecule is CCC(=O)[O][Sn]([CH3])=[O]. The Morgan fingerprint density at radius 1 is 1.75 bits per heavy atom. The summed E-state index contributed by atoms with van der Waals surface area (Å²) in [6.07, 6.45) is 0.320. The Morgan fingerprint density at radius 2 is 2.25 bits per heavy atom. The summed E-state index contributed by atoms with van der Waals surface area (Å²) in [5, 5.41) is 0. The third-order valence-corrected chi connectivity index (χ3v) is 2.02. The second-order valence-corrected chi connectivity index (χ2v) is 4.71. The molecule has 0 heterocycles. The fourth-order valence-corrected chi connectivity index (χ4v) is 1.56. The van der Waals surface area contributed by atoms with E-state index in [-0.39, 0.29) is 5.97 Å². The molecule has 0 aromatic heterocycles. The molecule has 0 spiro atoms. The summed E-state index contributed by atoms with van der Waals surface area (Å²) in [4.78, 5) is 11.7. The maximum absolute atomic E-state index is 10.2. The summed E-state index contributed by atoms with van der Waals surface area (Å²) in [6.45, 7) is 1.68. The molecule has 0 unspecified atom stereocenters. The van der Waals surface area contributed by atoms with Gasteiger partial charge in [-0.3, -0.25) is 0 Å². The van der Waals surface area contributed by atoms with E-state index in [0.29, 0.717) is 6.42 Å². The van der Waals surface area contributed by atoms with Crippen LogP contribution in [0, 0.1) is 0 Å². The molecule has 0 rings (SSSR count). The van der Waals surface area contributed by atoms with Crippen molar-refractivity contribution in [3.05, 3.63) is 0 Å². The number of carbonyl (C=O) groups excluding carboxylic acids is 1. The van der Waals surface area contributed by atoms with E-state index in [2.05, 4.69) is 3.07 Å². The fourth-order valence-electron chi connectivity index (χ4n) is 0.232. The van der Waals surface area contributed by atoms with Gasteiger partial charge in [0, 0.05) is 0 Å². The van der Waals surface area contributed by atoms with Gasteiger partial charge in [0.1, 0.15) is 0 Å². The van der Waals surface area contributed by atoms with Crippen LogP contribution >= 0.6 is 0 Å². The molecule has 3 nitrogen and oxygen atoms in total. The van der Waals surface area contributed by atoms with Gasteiger partial charge in [-0.2, -0.15) is 0 Å². The molecule has 0 N–H and O–H groups in total. The van der Waals surface area contributed by atoms with Crippen molar-refractivity contribution in [1.82, 2.24) is 0 Å². The van der Waals surface area contributed by atoms with Gasteiger partial charge >= 0.3 is 55.4 Å². The van der Waals surface area contributed by atoms with Crippen molar-refractivity contribution in [3.63, 3.8) is 0 Å². The van der Waals surface area contributed by atoms with Gasteiger partial charge in [-0.1, -0.05) is 0 Å². The standard InChI is InChI=1S/C3H6O2.CH3.O.Sn/c1-2-3(4)5;;;/h2H2,1H3,(H,4,5);1H3;;/q;;;+1/p-1. The van der Waals surface area contributed by atoms with Gasteiger partial charge in [-0.15, -0.1) is 0 Å². The Balaban J connectivity index is 3.40. The first-order valence-corrected chi connectivity index (χ1v) is 7.56. The van der Waals surface area contributed by atoms with Crippen LogP contribution in [0.25, 0.3) is 0 Å². The van der Waals surface area contributed by atoms with E-state index >= 15 is 0 Å². The Morgan fingerprint density at radius 3 is 2.38 bits per heavy atom. The molecule has 0 saturated heterocycles. The quantitative estimate of drug-likeness (QED) is 0.639. The number of hydrogen-bond donors (Lipinski definition) is 0. The summed E-state index contributed by atoms with van der Waals surface area (Å²) < 4.78 is 14.7. The van der Waals surface area contributed by atoms with Gasteiger partial charge in [-0.25, -0.2) is 0 Å². The summed E-state index contributed by atoms with van der Waals surface area (Å²) in [7, 11) is 0. The summed E-state index contributed by atoms with van der Waals surface area (Å²) in [6, 6.07) is 0. The van der Waals surface area contributed by atoms with Crippen LogP contribution in [-0.2, 0) is 10.9 Å². The molecule has 4 heteroatoms. The molecule has 0 aliphatic heterocycles. The summed E-state index contributed by atoms with van der Waals surface area (Å²) in [5.41, 5.74) is 0. The van der Waals surface area contributed by atoms with E-state index in [9.17, 15) is 7.87 Å². The van der Waals surface area contributed by atoms with Crippen molar-refractivity contribution < 1.29 is 10.9 Å². The topological polar surface area (TPSA) is 43.4 Å². The first kappa shape index (κ1) is 8.07. The Bertz CT molecular complexity index is 110. The van der Waals surface area contributed by atoms with Crippen LogP contribution in [0.4, 0.5) is 0 Å². The first-order chi connectivity index (χ1) is 3.66. The van der Waals surface area contributed by atoms with Crippen molar-refractivity contribution in [2.24, 2.45) is 0 Å². The van der Waals surface area contributed by atoms with Crippen LogP contribution < -0.4 is 0 Å². The molecule has 46 valence electrons. The van der Waals surface area contributed by atoms with Gasteiger partial charge in [0.05, 0.1) is 0 Å². The zero-order valence-electron chi connectivity index (χ0n) is 4.93.